The minimum absolute atomic E-state index is 0.0745. The van der Waals surface area contributed by atoms with E-state index in [1.165, 1.54) is 83.5 Å². The molecule has 85 heavy (non-hydrogen) atoms. The Kier molecular flexibility index (Phi) is 54.2. The summed E-state index contributed by atoms with van der Waals surface area (Å²) in [7, 11) is 0. The smallest absolute Gasteiger partial charge is 0.335 e. The Morgan fingerprint density at radius 2 is 0.765 bits per heavy atom. The van der Waals surface area contributed by atoms with E-state index in [0.29, 0.717) is 25.7 Å². The van der Waals surface area contributed by atoms with Gasteiger partial charge >= 0.3 is 23.9 Å². The van der Waals surface area contributed by atoms with Gasteiger partial charge in [0.05, 0.1) is 6.61 Å². The summed E-state index contributed by atoms with van der Waals surface area (Å²) in [5, 5.41) is 31.6. The highest BCUT2D eigenvalue weighted by Crippen LogP contribution is 2.26. The van der Waals surface area contributed by atoms with Crippen LogP contribution in [0.15, 0.2) is 134 Å². The number of aliphatic hydroxyl groups excluding tert-OH is 2. The molecule has 480 valence electrons. The van der Waals surface area contributed by atoms with Crippen molar-refractivity contribution in [2.24, 2.45) is 0 Å². The van der Waals surface area contributed by atoms with Gasteiger partial charge in [-0.2, -0.15) is 0 Å². The van der Waals surface area contributed by atoms with Crippen molar-refractivity contribution in [2.75, 3.05) is 13.2 Å². The van der Waals surface area contributed by atoms with Crippen LogP contribution in [0.1, 0.15) is 252 Å². The van der Waals surface area contributed by atoms with Crippen molar-refractivity contribution in [3.05, 3.63) is 134 Å². The molecule has 6 atom stereocenters. The molecule has 12 nitrogen and oxygen atoms in total. The van der Waals surface area contributed by atoms with E-state index < -0.39 is 67.3 Å². The highest BCUT2D eigenvalue weighted by molar-refractivity contribution is 5.74. The van der Waals surface area contributed by atoms with Crippen LogP contribution in [0.25, 0.3) is 0 Å². The average Bonchev–Trinajstić information content (AvgIpc) is 2.79. The number of carbonyl (C=O) groups excluding carboxylic acids is 3. The van der Waals surface area contributed by atoms with Crippen LogP contribution in [0.2, 0.25) is 0 Å². The summed E-state index contributed by atoms with van der Waals surface area (Å²) in [5.41, 5.74) is 0. The fraction of sp³-hybridized carbons (Fsp3) is 0.644. The average molecular weight is 1190 g/mol. The lowest BCUT2D eigenvalue weighted by Crippen LogP contribution is -2.61. The molecule has 12 heteroatoms. The molecule has 1 heterocycles. The summed E-state index contributed by atoms with van der Waals surface area (Å²) in [6.45, 7) is 5.73. The van der Waals surface area contributed by atoms with E-state index in [0.717, 1.165) is 103 Å². The van der Waals surface area contributed by atoms with Gasteiger partial charge in [0, 0.05) is 19.3 Å². The van der Waals surface area contributed by atoms with Gasteiger partial charge < -0.3 is 39.0 Å². The van der Waals surface area contributed by atoms with E-state index in [4.69, 9.17) is 23.7 Å². The lowest BCUT2D eigenvalue weighted by atomic mass is 9.98. The Balaban J connectivity index is 2.72. The van der Waals surface area contributed by atoms with Gasteiger partial charge in [-0.3, -0.25) is 14.4 Å². The third-order valence-electron chi connectivity index (χ3n) is 14.2. The minimum Gasteiger partial charge on any atom is -0.479 e. The first kappa shape index (κ1) is 77.9. The predicted molar refractivity (Wildman–Crippen MR) is 349 cm³/mol. The molecule has 0 spiro atoms. The van der Waals surface area contributed by atoms with Crippen LogP contribution >= 0.6 is 0 Å². The van der Waals surface area contributed by atoms with Crippen LogP contribution in [0.4, 0.5) is 0 Å². The number of aliphatic hydroxyl groups is 2. The van der Waals surface area contributed by atoms with Crippen molar-refractivity contribution in [2.45, 2.75) is 289 Å². The van der Waals surface area contributed by atoms with Crippen LogP contribution in [-0.4, -0.2) is 89.2 Å². The maximum absolute atomic E-state index is 13.2. The van der Waals surface area contributed by atoms with Crippen molar-refractivity contribution in [1.82, 2.24) is 0 Å². The third kappa shape index (κ3) is 48.6. The molecule has 0 aromatic heterocycles. The highest BCUT2D eigenvalue weighted by Gasteiger charge is 2.50. The van der Waals surface area contributed by atoms with E-state index >= 15 is 0 Å². The quantitative estimate of drug-likeness (QED) is 0.0228. The second-order valence-electron chi connectivity index (χ2n) is 22.0. The number of ether oxygens (including phenoxy) is 5. The predicted octanol–water partition coefficient (Wildman–Crippen LogP) is 18.1. The van der Waals surface area contributed by atoms with Gasteiger partial charge in [-0.1, -0.05) is 244 Å². The lowest BCUT2D eigenvalue weighted by molar-refractivity contribution is -0.301. The maximum atomic E-state index is 13.2. The topological polar surface area (TPSA) is 175 Å². The summed E-state index contributed by atoms with van der Waals surface area (Å²) < 4.78 is 28.4. The lowest BCUT2D eigenvalue weighted by Gasteiger charge is -2.40. The number of carboxylic acids is 1. The fourth-order valence-corrected chi connectivity index (χ4v) is 9.20. The van der Waals surface area contributed by atoms with E-state index in [9.17, 15) is 34.5 Å². The molecular formula is C73H116O12. The normalized spacial score (nSPS) is 18.3. The molecule has 0 radical (unpaired) electrons. The molecule has 3 N–H and O–H groups in total. The fourth-order valence-electron chi connectivity index (χ4n) is 9.20. The van der Waals surface area contributed by atoms with Crippen molar-refractivity contribution >= 4 is 23.9 Å². The Hall–Kier alpha value is -5.14. The van der Waals surface area contributed by atoms with Crippen molar-refractivity contribution < 1.29 is 58.2 Å². The first-order chi connectivity index (χ1) is 41.6. The Bertz CT molecular complexity index is 1990. The molecule has 1 fully saturated rings. The number of esters is 3. The Morgan fingerprint density at radius 1 is 0.400 bits per heavy atom. The monoisotopic (exact) mass is 1180 g/mol. The molecule has 0 amide bonds. The molecule has 1 saturated heterocycles. The van der Waals surface area contributed by atoms with Crippen LogP contribution < -0.4 is 0 Å². The van der Waals surface area contributed by atoms with Crippen LogP contribution in [0, 0.1) is 0 Å². The summed E-state index contributed by atoms with van der Waals surface area (Å²) in [5.74, 6) is -3.28. The first-order valence-electron chi connectivity index (χ1n) is 33.2. The van der Waals surface area contributed by atoms with Gasteiger partial charge in [0.1, 0.15) is 18.8 Å². The van der Waals surface area contributed by atoms with E-state index in [2.05, 4.69) is 136 Å². The molecular weight excluding hydrogens is 1070 g/mol. The minimum atomic E-state index is -1.94. The summed E-state index contributed by atoms with van der Waals surface area (Å²) in [6, 6.07) is 0. The highest BCUT2D eigenvalue weighted by atomic mass is 16.7. The number of rotatable bonds is 55. The van der Waals surface area contributed by atoms with Gasteiger partial charge in [-0.05, 0) is 122 Å². The second kappa shape index (κ2) is 59.2. The molecule has 0 aliphatic carbocycles. The Labute approximate surface area is 515 Å². The zero-order chi connectivity index (χ0) is 61.7. The molecule has 0 aromatic carbocycles. The van der Waals surface area contributed by atoms with Gasteiger partial charge in [-0.15, -0.1) is 0 Å². The second-order valence-corrected chi connectivity index (χ2v) is 22.0. The molecule has 6 unspecified atom stereocenters. The number of carbonyl (C=O) groups is 4. The van der Waals surface area contributed by atoms with E-state index in [1.807, 2.05) is 18.2 Å². The molecule has 0 aromatic rings. The van der Waals surface area contributed by atoms with Crippen molar-refractivity contribution in [3.8, 4) is 0 Å². The van der Waals surface area contributed by atoms with Gasteiger partial charge in [-0.25, -0.2) is 4.79 Å². The maximum Gasteiger partial charge on any atom is 0.335 e. The summed E-state index contributed by atoms with van der Waals surface area (Å²) in [6.07, 6.45) is 71.3. The zero-order valence-electron chi connectivity index (χ0n) is 53.1. The van der Waals surface area contributed by atoms with Crippen LogP contribution in [0.3, 0.4) is 0 Å². The van der Waals surface area contributed by atoms with Gasteiger partial charge in [0.15, 0.2) is 24.6 Å². The van der Waals surface area contributed by atoms with E-state index in [-0.39, 0.29) is 25.9 Å². The molecule has 1 aliphatic rings. The van der Waals surface area contributed by atoms with Crippen molar-refractivity contribution in [3.63, 3.8) is 0 Å². The SMILES string of the molecule is CC/C=C\C/C=C\C/C=C\C/C=C\C/C=C\C/C=C\CCC(=O)OC1C(OCC(COC(=O)CCCCCCCCCCC/C=C\CCCCCCCC)OC(=O)CCCCCC/C=C\C/C=C\C/C=C\C/C=C\CC)OC(C(=O)O)C(O)C1O. The Morgan fingerprint density at radius 3 is 1.19 bits per heavy atom. The van der Waals surface area contributed by atoms with E-state index in [1.54, 1.807) is 0 Å². The third-order valence-corrected chi connectivity index (χ3v) is 14.2. The summed E-state index contributed by atoms with van der Waals surface area (Å²) in [4.78, 5) is 51.4. The number of unbranched alkanes of at least 4 members (excludes halogenated alkanes) is 19. The molecule has 1 aliphatic heterocycles. The number of hydrogen-bond acceptors (Lipinski definition) is 11. The number of aliphatic carboxylic acids is 1. The standard InChI is InChI=1S/C73H116O12/c1-4-7-10-13-16-19-22-25-28-31-33-36-38-41-44-47-50-53-56-59-65(74)81-62-64(83-66(75)60-57-54-51-48-45-42-39-35-30-27-24-21-18-15-12-9-6-3)63-82-73-71(69(78)68(77)70(85-73)72(79)80)84-67(76)61-58-55-52-49-46-43-40-37-34-32-29-26-23-20-17-14-11-8-5-2/h8-9,11-12,17-18,20-21,25-30,34,37,39,42-43,46,52,55,64,68-71,73,77-78H,4-7,10,13-16,19,22-24,31-33,35-36,38,40-41,44-45,47-51,53-54,56-63H2,1-3H3,(H,79,80)/b11-8-,12-9-,20-17-,21-18-,28-25-,29-26-,30-27-,37-34-,42-39-,46-43-,55-52-. The molecule has 0 bridgehead atoms. The van der Waals surface area contributed by atoms with Crippen LogP contribution in [0.5, 0.6) is 0 Å². The number of allylic oxidation sites excluding steroid dienone is 22. The van der Waals surface area contributed by atoms with Gasteiger partial charge in [0.25, 0.3) is 0 Å². The van der Waals surface area contributed by atoms with Crippen molar-refractivity contribution in [1.29, 1.82) is 0 Å². The summed E-state index contributed by atoms with van der Waals surface area (Å²) >= 11 is 0. The zero-order valence-corrected chi connectivity index (χ0v) is 53.1. The molecule has 0 saturated carbocycles. The number of hydrogen-bond donors (Lipinski definition) is 3. The number of carboxylic acid groups (broad SMARTS) is 1. The van der Waals surface area contributed by atoms with Crippen LogP contribution in [-0.2, 0) is 42.9 Å². The largest absolute Gasteiger partial charge is 0.479 e. The first-order valence-corrected chi connectivity index (χ1v) is 33.2. The van der Waals surface area contributed by atoms with Gasteiger partial charge in [0.2, 0.25) is 0 Å². The molecule has 1 rings (SSSR count).